The summed E-state index contributed by atoms with van der Waals surface area (Å²) in [5.41, 5.74) is 3.16. The Labute approximate surface area is 166 Å². The summed E-state index contributed by atoms with van der Waals surface area (Å²) in [4.78, 5) is 25.7. The van der Waals surface area contributed by atoms with Gasteiger partial charge in [0.1, 0.15) is 11.4 Å². The fourth-order valence-electron chi connectivity index (χ4n) is 6.39. The molecule has 5 aliphatic rings. The highest BCUT2D eigenvalue weighted by Crippen LogP contribution is 2.68. The van der Waals surface area contributed by atoms with Gasteiger partial charge in [-0.15, -0.1) is 0 Å². The van der Waals surface area contributed by atoms with Gasteiger partial charge in [0, 0.05) is 17.4 Å². The lowest BCUT2D eigenvalue weighted by atomic mass is 9.44. The van der Waals surface area contributed by atoms with Crippen LogP contribution in [0.2, 0.25) is 0 Å². The minimum absolute atomic E-state index is 0.0317. The Hall–Kier alpha value is -2.10. The van der Waals surface area contributed by atoms with E-state index in [1.165, 1.54) is 0 Å². The van der Waals surface area contributed by atoms with Crippen LogP contribution in [0.5, 0.6) is 0 Å². The zero-order valence-electron chi connectivity index (χ0n) is 16.8. The van der Waals surface area contributed by atoms with Gasteiger partial charge in [0.05, 0.1) is 11.1 Å². The van der Waals surface area contributed by atoms with Crippen molar-refractivity contribution < 1.29 is 19.1 Å². The number of unbranched alkanes of at least 4 members (excludes halogenated alkanes) is 1. The maximum atomic E-state index is 12.9. The first-order valence-corrected chi connectivity index (χ1v) is 10.9. The second-order valence-corrected chi connectivity index (χ2v) is 8.73. The van der Waals surface area contributed by atoms with Crippen LogP contribution in [0.3, 0.4) is 0 Å². The zero-order valence-corrected chi connectivity index (χ0v) is 16.8. The molecule has 0 radical (unpaired) electrons. The van der Waals surface area contributed by atoms with E-state index in [1.807, 2.05) is 6.08 Å². The normalized spacial score (nSPS) is 37.1. The SMILES string of the molecule is CCC/C=C1\OC(=O)C2=C1CC[C@@H]1[C@H](CCC)[C@@]3(OC(=O)C4=C3CCC=C4)[C@@H]21. The average molecular weight is 380 g/mol. The molecule has 1 saturated carbocycles. The number of carbonyl (C=O) groups excluding carboxylic acids is 2. The Morgan fingerprint density at radius 3 is 2.82 bits per heavy atom. The monoisotopic (exact) mass is 380 g/mol. The number of allylic oxidation sites excluding steroid dienone is 3. The highest BCUT2D eigenvalue weighted by molar-refractivity contribution is 5.99. The van der Waals surface area contributed by atoms with Gasteiger partial charge in [-0.3, -0.25) is 0 Å². The lowest BCUT2D eigenvalue weighted by Crippen LogP contribution is -2.65. The molecular weight excluding hydrogens is 352 g/mol. The summed E-state index contributed by atoms with van der Waals surface area (Å²) in [7, 11) is 0. The third-order valence-corrected chi connectivity index (χ3v) is 7.38. The molecule has 0 unspecified atom stereocenters. The lowest BCUT2D eigenvalue weighted by Gasteiger charge is -2.61. The number of hydrogen-bond donors (Lipinski definition) is 0. The summed E-state index contributed by atoms with van der Waals surface area (Å²) < 4.78 is 11.9. The van der Waals surface area contributed by atoms with Crippen molar-refractivity contribution >= 4 is 11.9 Å². The first-order valence-electron chi connectivity index (χ1n) is 10.9. The summed E-state index contributed by atoms with van der Waals surface area (Å²) >= 11 is 0. The molecule has 0 aromatic heterocycles. The molecule has 0 bridgehead atoms. The second kappa shape index (κ2) is 6.47. The van der Waals surface area contributed by atoms with Crippen molar-refractivity contribution in [3.63, 3.8) is 0 Å². The van der Waals surface area contributed by atoms with E-state index >= 15 is 0 Å². The van der Waals surface area contributed by atoms with E-state index in [0.717, 1.165) is 79.4 Å². The van der Waals surface area contributed by atoms with Crippen molar-refractivity contribution in [1.82, 2.24) is 0 Å². The summed E-state index contributed by atoms with van der Waals surface area (Å²) in [6.45, 7) is 4.32. The van der Waals surface area contributed by atoms with Gasteiger partial charge in [0.25, 0.3) is 0 Å². The first kappa shape index (κ1) is 18.0. The van der Waals surface area contributed by atoms with Crippen LogP contribution in [0, 0.1) is 17.8 Å². The summed E-state index contributed by atoms with van der Waals surface area (Å²) in [6.07, 6.45) is 13.8. The molecule has 0 N–H and O–H groups in total. The molecule has 0 amide bonds. The molecule has 1 fully saturated rings. The number of rotatable bonds is 4. The van der Waals surface area contributed by atoms with Crippen LogP contribution in [0.1, 0.15) is 65.2 Å². The summed E-state index contributed by atoms with van der Waals surface area (Å²) in [5.74, 6) is 1.04. The number of ether oxygens (including phenoxy) is 2. The number of esters is 2. The third kappa shape index (κ3) is 2.18. The van der Waals surface area contributed by atoms with Crippen LogP contribution < -0.4 is 0 Å². The number of carbonyl (C=O) groups is 2. The van der Waals surface area contributed by atoms with E-state index in [-0.39, 0.29) is 17.9 Å². The van der Waals surface area contributed by atoms with Crippen molar-refractivity contribution in [2.45, 2.75) is 70.8 Å². The molecule has 4 nitrogen and oxygen atoms in total. The highest BCUT2D eigenvalue weighted by atomic mass is 16.6. The van der Waals surface area contributed by atoms with E-state index in [4.69, 9.17) is 9.47 Å². The summed E-state index contributed by atoms with van der Waals surface area (Å²) in [6, 6.07) is 0. The van der Waals surface area contributed by atoms with Crippen LogP contribution in [-0.4, -0.2) is 17.5 Å². The maximum Gasteiger partial charge on any atom is 0.340 e. The van der Waals surface area contributed by atoms with Gasteiger partial charge < -0.3 is 9.47 Å². The topological polar surface area (TPSA) is 52.6 Å². The number of hydrogen-bond acceptors (Lipinski definition) is 4. The third-order valence-electron chi connectivity index (χ3n) is 7.38. The maximum absolute atomic E-state index is 12.9. The molecule has 5 rings (SSSR count). The molecule has 4 heteroatoms. The van der Waals surface area contributed by atoms with Gasteiger partial charge in [-0.05, 0) is 56.1 Å². The Morgan fingerprint density at radius 1 is 1.18 bits per heavy atom. The van der Waals surface area contributed by atoms with E-state index in [1.54, 1.807) is 0 Å². The Morgan fingerprint density at radius 2 is 2.04 bits per heavy atom. The molecule has 0 aromatic rings. The molecule has 1 spiro atoms. The average Bonchev–Trinajstić information content (AvgIpc) is 3.19. The quantitative estimate of drug-likeness (QED) is 0.650. The second-order valence-electron chi connectivity index (χ2n) is 8.73. The predicted molar refractivity (Wildman–Crippen MR) is 105 cm³/mol. The van der Waals surface area contributed by atoms with Crippen molar-refractivity contribution in [1.29, 1.82) is 0 Å². The fraction of sp³-hybridized carbons (Fsp3) is 0.583. The minimum atomic E-state index is -0.613. The Balaban J connectivity index is 1.63. The minimum Gasteiger partial charge on any atom is -0.450 e. The molecule has 2 heterocycles. The van der Waals surface area contributed by atoms with E-state index < -0.39 is 5.60 Å². The van der Waals surface area contributed by atoms with Crippen molar-refractivity contribution in [3.05, 3.63) is 46.3 Å². The highest BCUT2D eigenvalue weighted by Gasteiger charge is 2.71. The number of cyclic esters (lactones) is 1. The predicted octanol–water partition coefficient (Wildman–Crippen LogP) is 4.92. The lowest BCUT2D eigenvalue weighted by molar-refractivity contribution is -0.197. The first-order chi connectivity index (χ1) is 13.6. The van der Waals surface area contributed by atoms with Crippen LogP contribution in [0.4, 0.5) is 0 Å². The van der Waals surface area contributed by atoms with Gasteiger partial charge in [0.2, 0.25) is 0 Å². The van der Waals surface area contributed by atoms with Crippen molar-refractivity contribution in [3.8, 4) is 0 Å². The molecule has 2 aliphatic heterocycles. The molecular formula is C24H28O4. The molecule has 0 saturated heterocycles. The molecule has 148 valence electrons. The van der Waals surface area contributed by atoms with Crippen molar-refractivity contribution in [2.75, 3.05) is 0 Å². The van der Waals surface area contributed by atoms with Gasteiger partial charge in [0.15, 0.2) is 0 Å². The largest absolute Gasteiger partial charge is 0.450 e. The smallest absolute Gasteiger partial charge is 0.340 e. The van der Waals surface area contributed by atoms with Crippen LogP contribution >= 0.6 is 0 Å². The van der Waals surface area contributed by atoms with E-state index in [2.05, 4.69) is 26.0 Å². The van der Waals surface area contributed by atoms with Gasteiger partial charge >= 0.3 is 11.9 Å². The molecule has 4 atom stereocenters. The Bertz CT molecular complexity index is 871. The van der Waals surface area contributed by atoms with Crippen LogP contribution in [0.25, 0.3) is 0 Å². The summed E-state index contributed by atoms with van der Waals surface area (Å²) in [5, 5.41) is 0. The van der Waals surface area contributed by atoms with E-state index in [9.17, 15) is 9.59 Å². The standard InChI is InChI=1S/C24H28O4/c1-3-5-11-19-16-13-12-14-17(8-4-2)24(21(14)20(16)23(26)27-19)18-10-7-6-9-15(18)22(25)28-24/h6,9,11,14,17,21H,3-5,7-8,10,12-13H2,1-2H3/b19-11-/t14-,17+,21-,24+/m1/s1. The van der Waals surface area contributed by atoms with Crippen LogP contribution in [0.15, 0.2) is 46.3 Å². The Kier molecular flexibility index (Phi) is 4.15. The van der Waals surface area contributed by atoms with Crippen molar-refractivity contribution in [2.24, 2.45) is 17.8 Å². The van der Waals surface area contributed by atoms with Crippen LogP contribution in [-0.2, 0) is 19.1 Å². The number of fused-ring (bicyclic) bond motifs is 4. The van der Waals surface area contributed by atoms with Gasteiger partial charge in [-0.1, -0.05) is 38.8 Å². The van der Waals surface area contributed by atoms with Gasteiger partial charge in [-0.2, -0.15) is 0 Å². The molecule has 0 aromatic carbocycles. The zero-order chi connectivity index (χ0) is 19.5. The van der Waals surface area contributed by atoms with Gasteiger partial charge in [-0.25, -0.2) is 9.59 Å². The molecule has 28 heavy (non-hydrogen) atoms. The molecule has 3 aliphatic carbocycles. The van der Waals surface area contributed by atoms with E-state index in [0.29, 0.717) is 11.8 Å². The fourth-order valence-corrected chi connectivity index (χ4v) is 6.39.